The number of thiazole rings is 1. The highest BCUT2D eigenvalue weighted by molar-refractivity contribution is 7.92. The molecule has 9 nitrogen and oxygen atoms in total. The Morgan fingerprint density at radius 1 is 0.882 bits per heavy atom. The molecule has 6 rings (SSSR count). The Morgan fingerprint density at radius 2 is 1.55 bits per heavy atom. The van der Waals surface area contributed by atoms with E-state index in [1.54, 1.807) is 4.72 Å². The van der Waals surface area contributed by atoms with E-state index in [4.69, 9.17) is 0 Å². The van der Waals surface area contributed by atoms with E-state index in [-0.39, 0.29) is 41.1 Å². The summed E-state index contributed by atoms with van der Waals surface area (Å²) in [7, 11) is -8.64. The van der Waals surface area contributed by atoms with Crippen LogP contribution in [0.3, 0.4) is 0 Å². The standard InChI is InChI=1S/C31H27F8N5O4S3/c1-50(45,46)17-10-8-16(9-11-17)41-28-40-15-12-22(42-28)25-24(43-27(49-25)29(13-14-29)31(37,38)39)18-4-2-7-21(23(18)33)44-51(47,48)26-19(30(34,35)36)5-3-6-20(26)32/h2-7,12,15-17,44H,8-11,13-14H2,1H3,(H,40,41,42). The van der Waals surface area contributed by atoms with E-state index in [0.29, 0.717) is 55.2 Å². The van der Waals surface area contributed by atoms with Gasteiger partial charge in [0.1, 0.15) is 31.0 Å². The molecule has 0 amide bonds. The number of rotatable bonds is 9. The Hall–Kier alpha value is -3.91. The largest absolute Gasteiger partial charge is 0.417 e. The molecule has 0 unspecified atom stereocenters. The van der Waals surface area contributed by atoms with Gasteiger partial charge in [-0.1, -0.05) is 12.1 Å². The third-order valence-corrected chi connectivity index (χ3v) is 13.3. The average molecular weight is 782 g/mol. The van der Waals surface area contributed by atoms with Crippen molar-refractivity contribution in [3.8, 4) is 21.8 Å². The van der Waals surface area contributed by atoms with Crippen LogP contribution in [0.2, 0.25) is 0 Å². The number of halogens is 8. The van der Waals surface area contributed by atoms with Crippen LogP contribution in [0.25, 0.3) is 21.8 Å². The van der Waals surface area contributed by atoms with Crippen molar-refractivity contribution in [2.45, 2.75) is 72.5 Å². The highest BCUT2D eigenvalue weighted by Gasteiger charge is 2.66. The molecule has 2 aromatic carbocycles. The fraction of sp³-hybridized carbons (Fsp3) is 0.387. The van der Waals surface area contributed by atoms with Gasteiger partial charge in [0.05, 0.1) is 32.8 Å². The molecule has 274 valence electrons. The van der Waals surface area contributed by atoms with Crippen LogP contribution < -0.4 is 10.0 Å². The highest BCUT2D eigenvalue weighted by Crippen LogP contribution is 2.61. The second-order valence-corrected chi connectivity index (χ2v) is 17.3. The number of sulfone groups is 1. The van der Waals surface area contributed by atoms with Gasteiger partial charge in [0.2, 0.25) is 5.95 Å². The molecule has 2 saturated carbocycles. The van der Waals surface area contributed by atoms with Crippen molar-refractivity contribution in [1.82, 2.24) is 15.0 Å². The third-order valence-electron chi connectivity index (χ3n) is 8.87. The summed E-state index contributed by atoms with van der Waals surface area (Å²) in [5.41, 5.74) is -5.91. The molecule has 2 fully saturated rings. The molecular weight excluding hydrogens is 755 g/mol. The molecule has 2 N–H and O–H groups in total. The van der Waals surface area contributed by atoms with Gasteiger partial charge in [-0.3, -0.25) is 4.72 Å². The Labute approximate surface area is 290 Å². The number of nitrogens with zero attached hydrogens (tertiary/aromatic N) is 3. The molecule has 2 heterocycles. The van der Waals surface area contributed by atoms with Crippen molar-refractivity contribution in [2.24, 2.45) is 0 Å². The Morgan fingerprint density at radius 3 is 2.16 bits per heavy atom. The summed E-state index contributed by atoms with van der Waals surface area (Å²) in [6, 6.07) is 5.65. The topological polar surface area (TPSA) is 131 Å². The summed E-state index contributed by atoms with van der Waals surface area (Å²) in [5.74, 6) is -3.10. The fourth-order valence-corrected chi connectivity index (χ4v) is 9.78. The molecule has 0 atom stereocenters. The number of sulfonamides is 1. The number of benzene rings is 2. The van der Waals surface area contributed by atoms with Gasteiger partial charge < -0.3 is 5.32 Å². The summed E-state index contributed by atoms with van der Waals surface area (Å²) in [4.78, 5) is 11.0. The van der Waals surface area contributed by atoms with Crippen molar-refractivity contribution in [3.05, 3.63) is 70.9 Å². The molecule has 51 heavy (non-hydrogen) atoms. The first-order chi connectivity index (χ1) is 23.7. The highest BCUT2D eigenvalue weighted by atomic mass is 32.2. The lowest BCUT2D eigenvalue weighted by molar-refractivity contribution is -0.160. The van der Waals surface area contributed by atoms with Gasteiger partial charge in [-0.2, -0.15) is 26.3 Å². The molecule has 2 aliphatic carbocycles. The first kappa shape index (κ1) is 36.9. The van der Waals surface area contributed by atoms with Gasteiger partial charge in [0.15, 0.2) is 5.82 Å². The van der Waals surface area contributed by atoms with Gasteiger partial charge in [-0.25, -0.2) is 40.6 Å². The summed E-state index contributed by atoms with van der Waals surface area (Å²) >= 11 is 0.597. The zero-order chi connectivity index (χ0) is 37.1. The average Bonchev–Trinajstić information content (AvgIpc) is 3.75. The second-order valence-electron chi connectivity index (χ2n) is 12.4. The lowest BCUT2D eigenvalue weighted by atomic mass is 9.95. The van der Waals surface area contributed by atoms with E-state index in [0.717, 1.165) is 18.2 Å². The van der Waals surface area contributed by atoms with E-state index in [1.165, 1.54) is 18.5 Å². The summed E-state index contributed by atoms with van der Waals surface area (Å²) in [5, 5.41) is 2.21. The fourth-order valence-electron chi connectivity index (χ4n) is 5.99. The molecule has 0 radical (unpaired) electrons. The van der Waals surface area contributed by atoms with Gasteiger partial charge in [-0.05, 0) is 68.9 Å². The van der Waals surface area contributed by atoms with Crippen molar-refractivity contribution in [3.63, 3.8) is 0 Å². The molecule has 2 aliphatic rings. The molecule has 0 saturated heterocycles. The maximum Gasteiger partial charge on any atom is 0.417 e. The number of hydrogen-bond donors (Lipinski definition) is 2. The molecule has 0 spiro atoms. The molecule has 2 aromatic heterocycles. The van der Waals surface area contributed by atoms with Crippen LogP contribution in [0, 0.1) is 11.6 Å². The van der Waals surface area contributed by atoms with Crippen LogP contribution >= 0.6 is 11.3 Å². The predicted octanol–water partition coefficient (Wildman–Crippen LogP) is 7.73. The van der Waals surface area contributed by atoms with Crippen LogP contribution in [-0.2, 0) is 31.5 Å². The summed E-state index contributed by atoms with van der Waals surface area (Å²) in [6.45, 7) is 0. The second kappa shape index (κ2) is 12.9. The van der Waals surface area contributed by atoms with Crippen molar-refractivity contribution < 1.29 is 52.0 Å². The van der Waals surface area contributed by atoms with Gasteiger partial charge in [0.25, 0.3) is 10.0 Å². The Bertz CT molecular complexity index is 2200. The Kier molecular flexibility index (Phi) is 9.36. The zero-order valence-electron chi connectivity index (χ0n) is 26.2. The molecular formula is C31H27F8N5O4S3. The van der Waals surface area contributed by atoms with Crippen LogP contribution in [0.15, 0.2) is 53.6 Å². The quantitative estimate of drug-likeness (QED) is 0.165. The molecule has 4 aromatic rings. The lowest BCUT2D eigenvalue weighted by Gasteiger charge is -2.28. The van der Waals surface area contributed by atoms with E-state index < -0.39 is 81.2 Å². The normalized spacial score (nSPS) is 19.5. The van der Waals surface area contributed by atoms with Gasteiger partial charge >= 0.3 is 12.4 Å². The Balaban J connectivity index is 1.39. The minimum atomic E-state index is -5.41. The van der Waals surface area contributed by atoms with Crippen LogP contribution in [-0.4, -0.2) is 55.5 Å². The van der Waals surface area contributed by atoms with E-state index in [2.05, 4.69) is 20.3 Å². The minimum absolute atomic E-state index is 0.0283. The number of anilines is 2. The minimum Gasteiger partial charge on any atom is -0.351 e. The van der Waals surface area contributed by atoms with Crippen molar-refractivity contribution in [1.29, 1.82) is 0 Å². The monoisotopic (exact) mass is 781 g/mol. The van der Waals surface area contributed by atoms with Crippen LogP contribution in [0.1, 0.15) is 49.1 Å². The molecule has 20 heteroatoms. The van der Waals surface area contributed by atoms with Crippen molar-refractivity contribution in [2.75, 3.05) is 16.3 Å². The number of nitrogens with one attached hydrogen (secondary N) is 2. The SMILES string of the molecule is CS(=O)(=O)C1CCC(Nc2nccc(-c3sc(C4(C(F)(F)F)CC4)nc3-c3cccc(NS(=O)(=O)c4c(F)cccc4C(F)(F)F)c3F)n2)CC1. The van der Waals surface area contributed by atoms with Crippen molar-refractivity contribution >= 4 is 42.8 Å². The number of alkyl halides is 6. The third kappa shape index (κ3) is 7.26. The zero-order valence-corrected chi connectivity index (χ0v) is 28.7. The summed E-state index contributed by atoms with van der Waals surface area (Å²) in [6.07, 6.45) is -6.38. The molecule has 0 aliphatic heterocycles. The van der Waals surface area contributed by atoms with Gasteiger partial charge in [-0.15, -0.1) is 11.3 Å². The lowest BCUT2D eigenvalue weighted by Crippen LogP contribution is -2.32. The predicted molar refractivity (Wildman–Crippen MR) is 172 cm³/mol. The smallest absolute Gasteiger partial charge is 0.351 e. The number of hydrogen-bond acceptors (Lipinski definition) is 9. The first-order valence-electron chi connectivity index (χ1n) is 15.3. The first-order valence-corrected chi connectivity index (χ1v) is 19.5. The number of aromatic nitrogens is 3. The van der Waals surface area contributed by atoms with Crippen LogP contribution in [0.4, 0.5) is 46.8 Å². The van der Waals surface area contributed by atoms with Gasteiger partial charge in [0, 0.05) is 24.1 Å². The molecule has 0 bridgehead atoms. The maximum absolute atomic E-state index is 16.2. The van der Waals surface area contributed by atoms with E-state index >= 15 is 4.39 Å². The van der Waals surface area contributed by atoms with Crippen LogP contribution in [0.5, 0.6) is 0 Å². The van der Waals surface area contributed by atoms with E-state index in [9.17, 15) is 47.6 Å². The van der Waals surface area contributed by atoms with E-state index in [1.807, 2.05) is 0 Å². The summed E-state index contributed by atoms with van der Waals surface area (Å²) < 4.78 is 166. The maximum atomic E-state index is 16.2.